The summed E-state index contributed by atoms with van der Waals surface area (Å²) in [5, 5.41) is 20.4. The van der Waals surface area contributed by atoms with Crippen LogP contribution in [0.5, 0.6) is 0 Å². The summed E-state index contributed by atoms with van der Waals surface area (Å²) < 4.78 is 0. The molecule has 0 aliphatic heterocycles. The van der Waals surface area contributed by atoms with Crippen LogP contribution < -0.4 is 15.9 Å². The Bertz CT molecular complexity index is 695. The van der Waals surface area contributed by atoms with Crippen LogP contribution in [-0.2, 0) is 0 Å². The first kappa shape index (κ1) is 15.6. The summed E-state index contributed by atoms with van der Waals surface area (Å²) in [6.45, 7) is 2.27. The zero-order chi connectivity index (χ0) is 15.9. The van der Waals surface area contributed by atoms with Gasteiger partial charge < -0.3 is 10.0 Å². The number of aromatic nitrogens is 3. The fourth-order valence-corrected chi connectivity index (χ4v) is 1.71. The van der Waals surface area contributed by atoms with Crippen molar-refractivity contribution < 1.29 is 5.11 Å². The van der Waals surface area contributed by atoms with E-state index >= 15 is 0 Å². The Morgan fingerprint density at radius 1 is 1.36 bits per heavy atom. The van der Waals surface area contributed by atoms with E-state index in [4.69, 9.17) is 5.11 Å². The van der Waals surface area contributed by atoms with Crippen LogP contribution in [0.3, 0.4) is 0 Å². The highest BCUT2D eigenvalue weighted by atomic mass is 16.3. The van der Waals surface area contributed by atoms with Crippen molar-refractivity contribution in [2.45, 2.75) is 6.92 Å². The lowest BCUT2D eigenvalue weighted by molar-refractivity contribution is 0.304. The molecule has 8 heteroatoms. The zero-order valence-corrected chi connectivity index (χ0v) is 12.4. The summed E-state index contributed by atoms with van der Waals surface area (Å²) in [6.07, 6.45) is 1.61. The van der Waals surface area contributed by atoms with Gasteiger partial charge in [-0.1, -0.05) is 12.1 Å². The summed E-state index contributed by atoms with van der Waals surface area (Å²) in [6, 6.07) is 7.67. The van der Waals surface area contributed by atoms with Crippen LogP contribution >= 0.6 is 0 Å². The highest BCUT2D eigenvalue weighted by Gasteiger charge is 2.00. The first-order chi connectivity index (χ1) is 10.6. The van der Waals surface area contributed by atoms with Crippen LogP contribution in [0, 0.1) is 6.92 Å². The van der Waals surface area contributed by atoms with Gasteiger partial charge in [0.15, 0.2) is 0 Å². The van der Waals surface area contributed by atoms with Crippen LogP contribution in [0.4, 0.5) is 11.6 Å². The molecule has 0 aliphatic carbocycles. The number of H-pyrrole nitrogens is 1. The van der Waals surface area contributed by atoms with Crippen LogP contribution in [0.15, 0.2) is 34.2 Å². The zero-order valence-electron chi connectivity index (χ0n) is 12.4. The fraction of sp³-hybridized carbons (Fsp3) is 0.286. The van der Waals surface area contributed by atoms with Crippen molar-refractivity contribution in [3.05, 3.63) is 45.9 Å². The monoisotopic (exact) mass is 302 g/mol. The molecule has 0 radical (unpaired) electrons. The third kappa shape index (κ3) is 4.13. The molecule has 0 saturated carbocycles. The number of hydrazone groups is 1. The van der Waals surface area contributed by atoms with Crippen LogP contribution in [0.1, 0.15) is 11.3 Å². The third-order valence-corrected chi connectivity index (χ3v) is 3.01. The number of nitrogens with one attached hydrogen (secondary N) is 2. The van der Waals surface area contributed by atoms with E-state index in [2.05, 4.69) is 25.7 Å². The Balaban J connectivity index is 1.98. The average molecular weight is 302 g/mol. The summed E-state index contributed by atoms with van der Waals surface area (Å²) >= 11 is 0. The van der Waals surface area contributed by atoms with Gasteiger partial charge in [-0.05, 0) is 24.6 Å². The molecule has 0 saturated heterocycles. The van der Waals surface area contributed by atoms with Crippen molar-refractivity contribution in [2.75, 3.05) is 30.5 Å². The predicted octanol–water partition coefficient (Wildman–Crippen LogP) is 0.348. The Hall–Kier alpha value is -2.74. The number of hydrogen-bond acceptors (Lipinski definition) is 7. The number of aromatic amines is 1. The number of likely N-dealkylation sites (N-methyl/N-ethyl adjacent to an activating group) is 1. The largest absolute Gasteiger partial charge is 0.395 e. The number of hydrogen-bond donors (Lipinski definition) is 3. The second-order valence-corrected chi connectivity index (χ2v) is 4.69. The highest BCUT2D eigenvalue weighted by Crippen LogP contribution is 2.12. The lowest BCUT2D eigenvalue weighted by Crippen LogP contribution is -2.20. The number of aryl methyl sites for hydroxylation is 1. The van der Waals surface area contributed by atoms with Gasteiger partial charge in [0.25, 0.3) is 5.56 Å². The molecule has 0 unspecified atom stereocenters. The summed E-state index contributed by atoms with van der Waals surface area (Å²) in [7, 11) is 1.91. The maximum absolute atomic E-state index is 11.4. The Kier molecular flexibility index (Phi) is 5.21. The molecule has 0 aliphatic rings. The number of benzene rings is 1. The van der Waals surface area contributed by atoms with Gasteiger partial charge in [-0.15, -0.1) is 10.2 Å². The molecule has 0 spiro atoms. The van der Waals surface area contributed by atoms with E-state index in [1.807, 2.05) is 36.2 Å². The van der Waals surface area contributed by atoms with Gasteiger partial charge in [-0.3, -0.25) is 9.78 Å². The van der Waals surface area contributed by atoms with Crippen molar-refractivity contribution in [1.82, 2.24) is 15.2 Å². The van der Waals surface area contributed by atoms with E-state index in [0.717, 1.165) is 11.3 Å². The van der Waals surface area contributed by atoms with E-state index in [-0.39, 0.29) is 18.1 Å². The standard InChI is InChI=1S/C14H18N6O2/c1-10-13(22)16-14(19-17-10)18-15-9-11-3-5-12(6-4-11)20(2)7-8-21/h3-6,9,21H,7-8H2,1-2H3,(H2,16,18,19,22)/b15-9+. The Morgan fingerprint density at radius 2 is 2.09 bits per heavy atom. The van der Waals surface area contributed by atoms with Gasteiger partial charge >= 0.3 is 0 Å². The minimum absolute atomic E-state index is 0.111. The maximum Gasteiger partial charge on any atom is 0.274 e. The molecule has 8 nitrogen and oxygen atoms in total. The second-order valence-electron chi connectivity index (χ2n) is 4.69. The topological polar surface area (TPSA) is 106 Å². The normalized spacial score (nSPS) is 10.9. The number of rotatable bonds is 6. The number of anilines is 2. The van der Waals surface area contributed by atoms with Gasteiger partial charge in [-0.25, -0.2) is 5.43 Å². The van der Waals surface area contributed by atoms with E-state index in [1.165, 1.54) is 0 Å². The number of aliphatic hydroxyl groups is 1. The van der Waals surface area contributed by atoms with Crippen molar-refractivity contribution in [3.8, 4) is 0 Å². The van der Waals surface area contributed by atoms with E-state index < -0.39 is 0 Å². The molecule has 0 atom stereocenters. The first-order valence-corrected chi connectivity index (χ1v) is 6.75. The molecular formula is C14H18N6O2. The number of aliphatic hydroxyl groups excluding tert-OH is 1. The lowest BCUT2D eigenvalue weighted by atomic mass is 10.2. The molecule has 116 valence electrons. The molecule has 0 bridgehead atoms. The number of nitrogens with zero attached hydrogens (tertiary/aromatic N) is 4. The molecule has 1 aromatic carbocycles. The molecule has 0 amide bonds. The molecule has 2 rings (SSSR count). The third-order valence-electron chi connectivity index (χ3n) is 3.01. The first-order valence-electron chi connectivity index (χ1n) is 6.75. The molecule has 3 N–H and O–H groups in total. The van der Waals surface area contributed by atoms with Crippen molar-refractivity contribution in [1.29, 1.82) is 0 Å². The minimum Gasteiger partial charge on any atom is -0.395 e. The van der Waals surface area contributed by atoms with Gasteiger partial charge in [0, 0.05) is 19.3 Å². The van der Waals surface area contributed by atoms with E-state index in [1.54, 1.807) is 13.1 Å². The smallest absolute Gasteiger partial charge is 0.274 e. The van der Waals surface area contributed by atoms with Gasteiger partial charge in [0.2, 0.25) is 5.95 Å². The van der Waals surface area contributed by atoms with Crippen molar-refractivity contribution >= 4 is 17.9 Å². The van der Waals surface area contributed by atoms with E-state index in [0.29, 0.717) is 12.2 Å². The lowest BCUT2D eigenvalue weighted by Gasteiger charge is -2.17. The summed E-state index contributed by atoms with van der Waals surface area (Å²) in [5.74, 6) is 0.186. The quantitative estimate of drug-likeness (QED) is 0.525. The molecule has 1 aromatic heterocycles. The Morgan fingerprint density at radius 3 is 2.73 bits per heavy atom. The Labute approximate surface area is 127 Å². The molecule has 0 fully saturated rings. The van der Waals surface area contributed by atoms with E-state index in [9.17, 15) is 4.79 Å². The fourth-order valence-electron chi connectivity index (χ4n) is 1.71. The molecule has 1 heterocycles. The molecular weight excluding hydrogens is 284 g/mol. The van der Waals surface area contributed by atoms with Crippen molar-refractivity contribution in [2.24, 2.45) is 5.10 Å². The predicted molar refractivity (Wildman–Crippen MR) is 85.4 cm³/mol. The van der Waals surface area contributed by atoms with Crippen LogP contribution in [0.2, 0.25) is 0 Å². The molecule has 22 heavy (non-hydrogen) atoms. The highest BCUT2D eigenvalue weighted by molar-refractivity contribution is 5.80. The minimum atomic E-state index is -0.302. The van der Waals surface area contributed by atoms with Crippen LogP contribution in [-0.4, -0.2) is 46.7 Å². The summed E-state index contributed by atoms with van der Waals surface area (Å²) in [4.78, 5) is 15.8. The second kappa shape index (κ2) is 7.32. The van der Waals surface area contributed by atoms with Crippen LogP contribution in [0.25, 0.3) is 0 Å². The molecule has 2 aromatic rings. The van der Waals surface area contributed by atoms with Gasteiger partial charge in [0.05, 0.1) is 12.8 Å². The van der Waals surface area contributed by atoms with Crippen molar-refractivity contribution in [3.63, 3.8) is 0 Å². The maximum atomic E-state index is 11.4. The van der Waals surface area contributed by atoms with Gasteiger partial charge in [-0.2, -0.15) is 5.10 Å². The average Bonchev–Trinajstić information content (AvgIpc) is 2.52. The van der Waals surface area contributed by atoms with Gasteiger partial charge in [0.1, 0.15) is 5.69 Å². The summed E-state index contributed by atoms with van der Waals surface area (Å²) in [5.41, 5.74) is 4.51. The SMILES string of the molecule is Cc1nnc(N/N=C/c2ccc(N(C)CCO)cc2)[nH]c1=O.